The molecule has 1 fully saturated rings. The molecule has 1 saturated heterocycles. The number of carbonyl (C=O) groups excluding carboxylic acids is 2. The lowest BCUT2D eigenvalue weighted by Crippen LogP contribution is -2.34. The van der Waals surface area contributed by atoms with Crippen molar-refractivity contribution < 1.29 is 19.1 Å². The molecule has 2 atom stereocenters. The molecule has 6 nitrogen and oxygen atoms in total. The summed E-state index contributed by atoms with van der Waals surface area (Å²) < 4.78 is 10.7. The molecule has 1 aliphatic rings. The zero-order chi connectivity index (χ0) is 19.2. The molecule has 2 heterocycles. The van der Waals surface area contributed by atoms with E-state index >= 15 is 0 Å². The Labute approximate surface area is 162 Å². The first-order valence-electron chi connectivity index (χ1n) is 8.72. The summed E-state index contributed by atoms with van der Waals surface area (Å²) in [5, 5.41) is 2.75. The summed E-state index contributed by atoms with van der Waals surface area (Å²) in [6.45, 7) is 1.92. The van der Waals surface area contributed by atoms with Crippen molar-refractivity contribution in [3.05, 3.63) is 59.3 Å². The molecular formula is C20H22N2O4S. The van der Waals surface area contributed by atoms with Crippen LogP contribution in [0.1, 0.15) is 33.9 Å². The number of benzene rings is 1. The van der Waals surface area contributed by atoms with Gasteiger partial charge >= 0.3 is 5.97 Å². The number of rotatable bonds is 6. The highest BCUT2D eigenvalue weighted by Crippen LogP contribution is 2.23. The Balaban J connectivity index is 1.76. The quantitative estimate of drug-likeness (QED) is 0.769. The normalized spacial score (nSPS) is 17.2. The van der Waals surface area contributed by atoms with Gasteiger partial charge in [-0.2, -0.15) is 11.8 Å². The Morgan fingerprint density at radius 1 is 1.30 bits per heavy atom. The van der Waals surface area contributed by atoms with Crippen LogP contribution in [-0.2, 0) is 9.53 Å². The molecule has 27 heavy (non-hydrogen) atoms. The van der Waals surface area contributed by atoms with Gasteiger partial charge in [0.05, 0.1) is 7.11 Å². The van der Waals surface area contributed by atoms with E-state index in [9.17, 15) is 9.59 Å². The van der Waals surface area contributed by atoms with E-state index in [2.05, 4.69) is 10.3 Å². The summed E-state index contributed by atoms with van der Waals surface area (Å²) in [4.78, 5) is 29.1. The van der Waals surface area contributed by atoms with Crippen molar-refractivity contribution >= 4 is 23.6 Å². The summed E-state index contributed by atoms with van der Waals surface area (Å²) in [5.74, 6) is 1.50. The van der Waals surface area contributed by atoms with Crippen LogP contribution in [0, 0.1) is 6.92 Å². The van der Waals surface area contributed by atoms with Crippen molar-refractivity contribution in [3.63, 3.8) is 0 Å². The van der Waals surface area contributed by atoms with E-state index in [-0.39, 0.29) is 12.0 Å². The number of amides is 1. The zero-order valence-corrected chi connectivity index (χ0v) is 16.1. The Morgan fingerprint density at radius 2 is 2.15 bits per heavy atom. The van der Waals surface area contributed by atoms with Crippen molar-refractivity contribution in [3.8, 4) is 5.88 Å². The fourth-order valence-electron chi connectivity index (χ4n) is 2.85. The molecular weight excluding hydrogens is 364 g/mol. The number of aryl methyl sites for hydroxylation is 1. The Bertz CT molecular complexity index is 821. The predicted octanol–water partition coefficient (Wildman–Crippen LogP) is 2.92. The van der Waals surface area contributed by atoms with Crippen molar-refractivity contribution in [1.82, 2.24) is 10.3 Å². The number of nitrogens with zero attached hydrogens (tertiary/aromatic N) is 1. The van der Waals surface area contributed by atoms with Gasteiger partial charge in [-0.1, -0.05) is 29.8 Å². The fraction of sp³-hybridized carbons (Fsp3) is 0.350. The SMILES string of the molecule is COC(=O)C(NC(=O)c1ccnc(OC2CCSC2)c1)c1cccc(C)c1. The van der Waals surface area contributed by atoms with E-state index in [0.29, 0.717) is 17.0 Å². The smallest absolute Gasteiger partial charge is 0.333 e. The summed E-state index contributed by atoms with van der Waals surface area (Å²) in [6.07, 6.45) is 2.63. The number of methoxy groups -OCH3 is 1. The first-order valence-corrected chi connectivity index (χ1v) is 9.88. The van der Waals surface area contributed by atoms with Crippen LogP contribution in [0.2, 0.25) is 0 Å². The molecule has 1 amide bonds. The summed E-state index contributed by atoms with van der Waals surface area (Å²) in [7, 11) is 1.30. The maximum Gasteiger partial charge on any atom is 0.333 e. The topological polar surface area (TPSA) is 77.5 Å². The van der Waals surface area contributed by atoms with Gasteiger partial charge in [-0.3, -0.25) is 4.79 Å². The second kappa shape index (κ2) is 8.90. The van der Waals surface area contributed by atoms with Crippen molar-refractivity contribution in [2.24, 2.45) is 0 Å². The van der Waals surface area contributed by atoms with Gasteiger partial charge in [0.1, 0.15) is 6.10 Å². The molecule has 1 aromatic heterocycles. The number of ether oxygens (including phenoxy) is 2. The fourth-order valence-corrected chi connectivity index (χ4v) is 3.95. The van der Waals surface area contributed by atoms with Gasteiger partial charge in [0.25, 0.3) is 5.91 Å². The van der Waals surface area contributed by atoms with Crippen molar-refractivity contribution in [2.45, 2.75) is 25.5 Å². The first-order chi connectivity index (χ1) is 13.1. The van der Waals surface area contributed by atoms with E-state index in [4.69, 9.17) is 9.47 Å². The largest absolute Gasteiger partial charge is 0.473 e. The number of esters is 1. The minimum absolute atomic E-state index is 0.121. The van der Waals surface area contributed by atoms with Gasteiger partial charge in [-0.25, -0.2) is 9.78 Å². The monoisotopic (exact) mass is 386 g/mol. The van der Waals surface area contributed by atoms with E-state index in [0.717, 1.165) is 23.5 Å². The predicted molar refractivity (Wildman–Crippen MR) is 104 cm³/mol. The van der Waals surface area contributed by atoms with E-state index in [1.54, 1.807) is 18.2 Å². The van der Waals surface area contributed by atoms with Gasteiger partial charge in [0, 0.05) is 23.6 Å². The number of nitrogens with one attached hydrogen (secondary N) is 1. The number of carbonyl (C=O) groups is 2. The zero-order valence-electron chi connectivity index (χ0n) is 15.3. The third-order valence-corrected chi connectivity index (χ3v) is 5.39. The second-order valence-electron chi connectivity index (χ2n) is 6.33. The lowest BCUT2D eigenvalue weighted by Gasteiger charge is -2.18. The standard InChI is InChI=1S/C20H22N2O4S/c1-13-4-3-5-14(10-13)18(20(24)25-2)22-19(23)15-6-8-21-17(11-15)26-16-7-9-27-12-16/h3-6,8,10-11,16,18H,7,9,12H2,1-2H3,(H,22,23). The Morgan fingerprint density at radius 3 is 2.85 bits per heavy atom. The second-order valence-corrected chi connectivity index (χ2v) is 7.48. The molecule has 0 spiro atoms. The number of thioether (sulfide) groups is 1. The van der Waals surface area contributed by atoms with Gasteiger partial charge < -0.3 is 14.8 Å². The van der Waals surface area contributed by atoms with Gasteiger partial charge in [0.2, 0.25) is 5.88 Å². The van der Waals surface area contributed by atoms with Crippen LogP contribution in [0.3, 0.4) is 0 Å². The maximum atomic E-state index is 12.7. The third-order valence-electron chi connectivity index (χ3n) is 4.26. The molecule has 1 aliphatic heterocycles. The lowest BCUT2D eigenvalue weighted by molar-refractivity contribution is -0.143. The molecule has 2 unspecified atom stereocenters. The van der Waals surface area contributed by atoms with Crippen LogP contribution in [-0.4, -0.2) is 41.6 Å². The number of pyridine rings is 1. The highest BCUT2D eigenvalue weighted by molar-refractivity contribution is 7.99. The molecule has 1 N–H and O–H groups in total. The summed E-state index contributed by atoms with van der Waals surface area (Å²) in [5.41, 5.74) is 2.04. The molecule has 2 aromatic rings. The van der Waals surface area contributed by atoms with Gasteiger partial charge in [-0.15, -0.1) is 0 Å². The third kappa shape index (κ3) is 5.01. The van der Waals surface area contributed by atoms with Gasteiger partial charge in [0.15, 0.2) is 6.04 Å². The van der Waals surface area contributed by atoms with Crippen molar-refractivity contribution in [2.75, 3.05) is 18.6 Å². The molecule has 0 saturated carbocycles. The highest BCUT2D eigenvalue weighted by Gasteiger charge is 2.25. The van der Waals surface area contributed by atoms with Crippen LogP contribution in [0.4, 0.5) is 0 Å². The Kier molecular flexibility index (Phi) is 6.34. The van der Waals surface area contributed by atoms with Crippen LogP contribution in [0.5, 0.6) is 5.88 Å². The van der Waals surface area contributed by atoms with E-state index < -0.39 is 12.0 Å². The van der Waals surface area contributed by atoms with Crippen LogP contribution in [0.25, 0.3) is 0 Å². The van der Waals surface area contributed by atoms with Crippen LogP contribution >= 0.6 is 11.8 Å². The van der Waals surface area contributed by atoms with Crippen LogP contribution < -0.4 is 10.1 Å². The minimum Gasteiger partial charge on any atom is -0.473 e. The highest BCUT2D eigenvalue weighted by atomic mass is 32.2. The number of hydrogen-bond acceptors (Lipinski definition) is 6. The molecule has 3 rings (SSSR count). The Hall–Kier alpha value is -2.54. The lowest BCUT2D eigenvalue weighted by atomic mass is 10.0. The maximum absolute atomic E-state index is 12.7. The van der Waals surface area contributed by atoms with E-state index in [1.807, 2.05) is 36.9 Å². The van der Waals surface area contributed by atoms with Crippen molar-refractivity contribution in [1.29, 1.82) is 0 Å². The van der Waals surface area contributed by atoms with Crippen LogP contribution in [0.15, 0.2) is 42.6 Å². The molecule has 0 bridgehead atoms. The molecule has 0 aliphatic carbocycles. The number of aromatic nitrogens is 1. The molecule has 7 heteroatoms. The van der Waals surface area contributed by atoms with Gasteiger partial charge in [-0.05, 0) is 30.7 Å². The summed E-state index contributed by atoms with van der Waals surface area (Å²) >= 11 is 1.84. The average molecular weight is 386 g/mol. The first kappa shape index (κ1) is 19.2. The molecule has 1 aromatic carbocycles. The molecule has 0 radical (unpaired) electrons. The van der Waals surface area contributed by atoms with E-state index in [1.165, 1.54) is 13.3 Å². The number of hydrogen-bond donors (Lipinski definition) is 1. The average Bonchev–Trinajstić information content (AvgIpc) is 3.18. The minimum atomic E-state index is -0.883. The molecule has 142 valence electrons. The summed E-state index contributed by atoms with van der Waals surface area (Å²) in [6, 6.07) is 9.71.